The minimum atomic E-state index is 0.893. The van der Waals surface area contributed by atoms with Gasteiger partial charge >= 0.3 is 0 Å². The highest BCUT2D eigenvalue weighted by molar-refractivity contribution is 7.87. The molecule has 0 aliphatic rings. The molecule has 0 saturated carbocycles. The van der Waals surface area contributed by atoms with Gasteiger partial charge in [-0.15, -0.1) is 49.2 Å². The van der Waals surface area contributed by atoms with E-state index in [1.807, 2.05) is 6.92 Å². The number of rotatable bonds is 0. The highest BCUT2D eigenvalue weighted by Gasteiger charge is 2.05. The normalized spacial score (nSPS) is 10.2. The molecule has 1 heterocycles. The molecule has 0 spiro atoms. The Labute approximate surface area is 74.9 Å². The van der Waals surface area contributed by atoms with E-state index in [0.717, 1.165) is 14.0 Å². The van der Waals surface area contributed by atoms with Gasteiger partial charge in [-0.05, 0) is 6.92 Å². The average molecular weight is 194 g/mol. The molecule has 9 heavy (non-hydrogen) atoms. The largest absolute Gasteiger partial charge is 0.141 e. The van der Waals surface area contributed by atoms with Gasteiger partial charge in [-0.25, -0.2) is 0 Å². The lowest BCUT2D eigenvalue weighted by Crippen LogP contribution is -1.61. The van der Waals surface area contributed by atoms with Crippen LogP contribution in [0.15, 0.2) is 14.0 Å². The fraction of sp³-hybridized carbons (Fsp3) is 0.200. The van der Waals surface area contributed by atoms with Crippen LogP contribution in [0, 0.1) is 6.92 Å². The van der Waals surface area contributed by atoms with Crippen molar-refractivity contribution in [3.05, 3.63) is 4.88 Å². The Kier molecular flexibility index (Phi) is 2.43. The van der Waals surface area contributed by atoms with E-state index in [0.29, 0.717) is 0 Å². The van der Waals surface area contributed by atoms with E-state index >= 15 is 0 Å². The van der Waals surface area contributed by atoms with Crippen LogP contribution in [0.3, 0.4) is 0 Å². The SMILES string of the molecule is Cc1sc(S)c(S)c1S. The van der Waals surface area contributed by atoms with E-state index in [1.54, 1.807) is 11.3 Å². The van der Waals surface area contributed by atoms with Crippen LogP contribution in [-0.4, -0.2) is 0 Å². The lowest BCUT2D eigenvalue weighted by molar-refractivity contribution is 1.22. The summed E-state index contributed by atoms with van der Waals surface area (Å²) >= 11 is 14.2. The third kappa shape index (κ3) is 1.42. The molecular weight excluding hydrogens is 188 g/mol. The van der Waals surface area contributed by atoms with Crippen molar-refractivity contribution in [2.24, 2.45) is 0 Å². The summed E-state index contributed by atoms with van der Waals surface area (Å²) in [6.45, 7) is 2.01. The molecule has 0 saturated heterocycles. The third-order valence-corrected chi connectivity index (χ3v) is 4.08. The summed E-state index contributed by atoms with van der Waals surface area (Å²) in [7, 11) is 0. The Hall–Kier alpha value is 0.750. The molecule has 0 unspecified atom stereocenters. The van der Waals surface area contributed by atoms with Crippen LogP contribution in [0.25, 0.3) is 0 Å². The van der Waals surface area contributed by atoms with Crippen LogP contribution in [0.4, 0.5) is 0 Å². The molecule has 1 rings (SSSR count). The number of thiol groups is 3. The van der Waals surface area contributed by atoms with Gasteiger partial charge in [-0.2, -0.15) is 0 Å². The average Bonchev–Trinajstić information content (AvgIpc) is 1.98. The quantitative estimate of drug-likeness (QED) is 0.520. The van der Waals surface area contributed by atoms with Crippen LogP contribution in [0.1, 0.15) is 4.88 Å². The van der Waals surface area contributed by atoms with Crippen LogP contribution in [0.2, 0.25) is 0 Å². The molecule has 0 amide bonds. The summed E-state index contributed by atoms with van der Waals surface area (Å²) in [5.41, 5.74) is 0. The molecule has 0 radical (unpaired) electrons. The Morgan fingerprint density at radius 3 is 1.78 bits per heavy atom. The number of thiophene rings is 1. The molecule has 50 valence electrons. The van der Waals surface area contributed by atoms with Gasteiger partial charge in [0.05, 0.1) is 4.21 Å². The maximum atomic E-state index is 4.22. The second kappa shape index (κ2) is 2.78. The first-order valence-electron chi connectivity index (χ1n) is 2.33. The van der Waals surface area contributed by atoms with E-state index in [2.05, 4.69) is 37.9 Å². The van der Waals surface area contributed by atoms with E-state index in [-0.39, 0.29) is 0 Å². The van der Waals surface area contributed by atoms with Gasteiger partial charge in [-0.1, -0.05) is 0 Å². The zero-order valence-electron chi connectivity index (χ0n) is 4.75. The van der Waals surface area contributed by atoms with Crippen LogP contribution in [0.5, 0.6) is 0 Å². The second-order valence-electron chi connectivity index (χ2n) is 1.66. The summed E-state index contributed by atoms with van der Waals surface area (Å²) in [5.74, 6) is 0. The maximum absolute atomic E-state index is 4.22. The Morgan fingerprint density at radius 2 is 1.67 bits per heavy atom. The van der Waals surface area contributed by atoms with Crippen molar-refractivity contribution in [1.29, 1.82) is 0 Å². The summed E-state index contributed by atoms with van der Waals surface area (Å²) in [6.07, 6.45) is 0. The summed E-state index contributed by atoms with van der Waals surface area (Å²) in [5, 5.41) is 0. The van der Waals surface area contributed by atoms with Crippen molar-refractivity contribution in [1.82, 2.24) is 0 Å². The molecule has 0 nitrogen and oxygen atoms in total. The fourth-order valence-electron chi connectivity index (χ4n) is 0.510. The van der Waals surface area contributed by atoms with Crippen LogP contribution in [-0.2, 0) is 0 Å². The molecule has 1 aromatic rings. The van der Waals surface area contributed by atoms with Crippen molar-refractivity contribution in [2.75, 3.05) is 0 Å². The van der Waals surface area contributed by atoms with E-state index < -0.39 is 0 Å². The lowest BCUT2D eigenvalue weighted by Gasteiger charge is -1.86. The van der Waals surface area contributed by atoms with Crippen molar-refractivity contribution in [3.8, 4) is 0 Å². The maximum Gasteiger partial charge on any atom is 0.0716 e. The summed E-state index contributed by atoms with van der Waals surface area (Å²) in [6, 6.07) is 0. The van der Waals surface area contributed by atoms with Crippen molar-refractivity contribution < 1.29 is 0 Å². The van der Waals surface area contributed by atoms with Crippen molar-refractivity contribution in [3.63, 3.8) is 0 Å². The van der Waals surface area contributed by atoms with Gasteiger partial charge in [0.2, 0.25) is 0 Å². The summed E-state index contributed by atoms with van der Waals surface area (Å²) in [4.78, 5) is 3.02. The zero-order valence-corrected chi connectivity index (χ0v) is 8.25. The van der Waals surface area contributed by atoms with Gasteiger partial charge in [0.1, 0.15) is 0 Å². The van der Waals surface area contributed by atoms with Crippen molar-refractivity contribution in [2.45, 2.75) is 20.9 Å². The molecule has 4 heteroatoms. The summed E-state index contributed by atoms with van der Waals surface area (Å²) < 4.78 is 0.945. The molecule has 0 atom stereocenters. The van der Waals surface area contributed by atoms with Gasteiger partial charge in [0, 0.05) is 14.7 Å². The van der Waals surface area contributed by atoms with Gasteiger partial charge in [0.25, 0.3) is 0 Å². The van der Waals surface area contributed by atoms with Crippen LogP contribution >= 0.6 is 49.2 Å². The fourth-order valence-corrected chi connectivity index (χ4v) is 2.51. The molecular formula is C5H6S4. The minimum absolute atomic E-state index is 0.893. The third-order valence-electron chi connectivity index (χ3n) is 1.01. The van der Waals surface area contributed by atoms with Crippen molar-refractivity contribution >= 4 is 49.2 Å². The van der Waals surface area contributed by atoms with E-state index in [4.69, 9.17) is 0 Å². The Morgan fingerprint density at radius 1 is 1.11 bits per heavy atom. The second-order valence-corrected chi connectivity index (χ2v) is 4.53. The molecule has 0 aliphatic carbocycles. The zero-order chi connectivity index (χ0) is 7.02. The number of aryl methyl sites for hydroxylation is 1. The Balaban J connectivity index is 3.29. The standard InChI is InChI=1S/C5H6S4/c1-2-3(6)4(7)5(8)9-2/h6-8H,1H3. The predicted molar refractivity (Wildman–Crippen MR) is 50.8 cm³/mol. The predicted octanol–water partition coefficient (Wildman–Crippen LogP) is 2.92. The molecule has 0 aliphatic heterocycles. The topological polar surface area (TPSA) is 0 Å². The minimum Gasteiger partial charge on any atom is -0.141 e. The monoisotopic (exact) mass is 194 g/mol. The lowest BCUT2D eigenvalue weighted by atomic mass is 10.5. The van der Waals surface area contributed by atoms with Gasteiger partial charge in [-0.3, -0.25) is 0 Å². The highest BCUT2D eigenvalue weighted by Crippen LogP contribution is 2.35. The molecule has 1 aromatic heterocycles. The van der Waals surface area contributed by atoms with E-state index in [9.17, 15) is 0 Å². The molecule has 0 fully saturated rings. The molecule has 0 bridgehead atoms. The number of hydrogen-bond acceptors (Lipinski definition) is 4. The first-order valence-corrected chi connectivity index (χ1v) is 4.49. The molecule has 0 N–H and O–H groups in total. The number of hydrogen-bond donors (Lipinski definition) is 3. The first kappa shape index (κ1) is 7.85. The smallest absolute Gasteiger partial charge is 0.0716 e. The van der Waals surface area contributed by atoms with Gasteiger partial charge < -0.3 is 0 Å². The van der Waals surface area contributed by atoms with Crippen LogP contribution < -0.4 is 0 Å². The van der Waals surface area contributed by atoms with E-state index in [1.165, 1.54) is 4.88 Å². The molecule has 0 aromatic carbocycles. The van der Waals surface area contributed by atoms with Gasteiger partial charge in [0.15, 0.2) is 0 Å². The first-order chi connectivity index (χ1) is 4.13. The Bertz CT molecular complexity index is 203. The highest BCUT2D eigenvalue weighted by atomic mass is 32.2.